The molecule has 0 bridgehead atoms. The summed E-state index contributed by atoms with van der Waals surface area (Å²) >= 11 is 0. The van der Waals surface area contributed by atoms with E-state index in [1.165, 1.54) is 32.4 Å². The summed E-state index contributed by atoms with van der Waals surface area (Å²) in [6, 6.07) is 8.59. The Balaban J connectivity index is 1.70. The molecule has 0 spiro atoms. The lowest BCUT2D eigenvalue weighted by atomic mass is 10.1. The number of anilines is 2. The zero-order chi connectivity index (χ0) is 13.2. The third kappa shape index (κ3) is 2.39. The van der Waals surface area contributed by atoms with Crippen LogP contribution in [0.3, 0.4) is 0 Å². The second kappa shape index (κ2) is 5.10. The highest BCUT2D eigenvalue weighted by Crippen LogP contribution is 2.27. The number of nitrogens with zero attached hydrogens (tertiary/aromatic N) is 3. The molecule has 0 aromatic heterocycles. The van der Waals surface area contributed by atoms with E-state index >= 15 is 0 Å². The average molecular weight is 256 g/mol. The first-order valence-corrected chi connectivity index (χ1v) is 7.06. The van der Waals surface area contributed by atoms with Gasteiger partial charge in [0.2, 0.25) is 0 Å². The lowest BCUT2D eigenvalue weighted by Crippen LogP contribution is -2.35. The third-order valence-electron chi connectivity index (χ3n) is 4.34. The first-order chi connectivity index (χ1) is 9.28. The minimum Gasteiger partial charge on any atom is -0.398 e. The van der Waals surface area contributed by atoms with Crippen LogP contribution in [0, 0.1) is 11.3 Å². The van der Waals surface area contributed by atoms with Crippen LogP contribution < -0.4 is 10.6 Å². The van der Waals surface area contributed by atoms with Crippen molar-refractivity contribution in [3.63, 3.8) is 0 Å². The van der Waals surface area contributed by atoms with Crippen molar-refractivity contribution in [3.05, 3.63) is 23.8 Å². The first-order valence-electron chi connectivity index (χ1n) is 7.06. The molecule has 1 atom stereocenters. The van der Waals surface area contributed by atoms with Gasteiger partial charge in [-0.15, -0.1) is 0 Å². The summed E-state index contributed by atoms with van der Waals surface area (Å²) in [5.41, 5.74) is 8.20. The van der Waals surface area contributed by atoms with Crippen LogP contribution in [0.1, 0.15) is 24.8 Å². The molecule has 0 amide bonds. The van der Waals surface area contributed by atoms with E-state index < -0.39 is 0 Å². The molecule has 2 aliphatic heterocycles. The number of nitrogen functional groups attached to an aromatic ring is 1. The third-order valence-corrected chi connectivity index (χ3v) is 4.34. The molecule has 100 valence electrons. The van der Waals surface area contributed by atoms with Gasteiger partial charge in [-0.05, 0) is 50.6 Å². The van der Waals surface area contributed by atoms with Crippen molar-refractivity contribution in [2.24, 2.45) is 0 Å². The molecule has 19 heavy (non-hydrogen) atoms. The van der Waals surface area contributed by atoms with Gasteiger partial charge in [0.15, 0.2) is 0 Å². The molecule has 0 saturated carbocycles. The Labute approximate surface area is 114 Å². The number of benzene rings is 1. The predicted molar refractivity (Wildman–Crippen MR) is 77.0 cm³/mol. The van der Waals surface area contributed by atoms with E-state index in [0.717, 1.165) is 18.8 Å². The number of hydrogen-bond donors (Lipinski definition) is 1. The highest BCUT2D eigenvalue weighted by molar-refractivity contribution is 5.64. The summed E-state index contributed by atoms with van der Waals surface area (Å²) in [6.07, 6.45) is 3.93. The Hall–Kier alpha value is -1.73. The van der Waals surface area contributed by atoms with Gasteiger partial charge in [0, 0.05) is 24.8 Å². The van der Waals surface area contributed by atoms with Crippen molar-refractivity contribution < 1.29 is 0 Å². The SMILES string of the molecule is N#Cc1ccc(N2CCC(N3CCCC3)C2)cc1N. The van der Waals surface area contributed by atoms with Crippen molar-refractivity contribution in [2.45, 2.75) is 25.3 Å². The van der Waals surface area contributed by atoms with E-state index in [-0.39, 0.29) is 0 Å². The zero-order valence-corrected chi connectivity index (χ0v) is 11.2. The van der Waals surface area contributed by atoms with Crippen LogP contribution in [0.5, 0.6) is 0 Å². The number of hydrogen-bond acceptors (Lipinski definition) is 4. The second-order valence-electron chi connectivity index (χ2n) is 5.51. The Kier molecular flexibility index (Phi) is 3.31. The Bertz CT molecular complexity index is 499. The minimum atomic E-state index is 0.569. The molecular weight excluding hydrogens is 236 g/mol. The highest BCUT2D eigenvalue weighted by atomic mass is 15.3. The molecule has 1 aromatic rings. The van der Waals surface area contributed by atoms with Gasteiger partial charge in [0.25, 0.3) is 0 Å². The van der Waals surface area contributed by atoms with Gasteiger partial charge in [-0.2, -0.15) is 5.26 Å². The van der Waals surface area contributed by atoms with E-state index in [9.17, 15) is 0 Å². The fourth-order valence-electron chi connectivity index (χ4n) is 3.23. The quantitative estimate of drug-likeness (QED) is 0.820. The van der Waals surface area contributed by atoms with Crippen molar-refractivity contribution in [1.29, 1.82) is 5.26 Å². The second-order valence-corrected chi connectivity index (χ2v) is 5.51. The number of nitriles is 1. The summed E-state index contributed by atoms with van der Waals surface area (Å²) in [7, 11) is 0. The average Bonchev–Trinajstić information content (AvgIpc) is 3.09. The van der Waals surface area contributed by atoms with Gasteiger partial charge in [-0.25, -0.2) is 0 Å². The largest absolute Gasteiger partial charge is 0.398 e. The van der Waals surface area contributed by atoms with Gasteiger partial charge >= 0.3 is 0 Å². The van der Waals surface area contributed by atoms with Gasteiger partial charge < -0.3 is 10.6 Å². The number of rotatable bonds is 2. The molecule has 2 saturated heterocycles. The number of likely N-dealkylation sites (tertiary alicyclic amines) is 1. The molecule has 2 N–H and O–H groups in total. The normalized spacial score (nSPS) is 23.7. The zero-order valence-electron chi connectivity index (χ0n) is 11.2. The molecule has 1 aromatic carbocycles. The van der Waals surface area contributed by atoms with Gasteiger partial charge in [0.1, 0.15) is 6.07 Å². The van der Waals surface area contributed by atoms with Crippen LogP contribution in [0.2, 0.25) is 0 Å². The first kappa shape index (κ1) is 12.3. The molecule has 4 nitrogen and oxygen atoms in total. The molecule has 4 heteroatoms. The lowest BCUT2D eigenvalue weighted by molar-refractivity contribution is 0.260. The van der Waals surface area contributed by atoms with Gasteiger partial charge in [0.05, 0.1) is 11.3 Å². The van der Waals surface area contributed by atoms with E-state index in [1.54, 1.807) is 0 Å². The van der Waals surface area contributed by atoms with Crippen LogP contribution in [-0.2, 0) is 0 Å². The highest BCUT2D eigenvalue weighted by Gasteiger charge is 2.29. The van der Waals surface area contributed by atoms with Crippen molar-refractivity contribution in [2.75, 3.05) is 36.8 Å². The Morgan fingerprint density at radius 1 is 1.21 bits per heavy atom. The molecule has 0 aliphatic carbocycles. The molecule has 2 heterocycles. The van der Waals surface area contributed by atoms with Gasteiger partial charge in [-0.1, -0.05) is 0 Å². The smallest absolute Gasteiger partial charge is 0.101 e. The minimum absolute atomic E-state index is 0.569. The van der Waals surface area contributed by atoms with Crippen LogP contribution in [0.25, 0.3) is 0 Å². The summed E-state index contributed by atoms with van der Waals surface area (Å²) < 4.78 is 0. The van der Waals surface area contributed by atoms with Crippen molar-refractivity contribution in [3.8, 4) is 6.07 Å². The lowest BCUT2D eigenvalue weighted by Gasteiger charge is -2.24. The Morgan fingerprint density at radius 2 is 2.00 bits per heavy atom. The molecule has 3 rings (SSSR count). The summed E-state index contributed by atoms with van der Waals surface area (Å²) in [5.74, 6) is 0. The fraction of sp³-hybridized carbons (Fsp3) is 0.533. The van der Waals surface area contributed by atoms with Crippen LogP contribution in [0.4, 0.5) is 11.4 Å². The topological polar surface area (TPSA) is 56.3 Å². The molecule has 2 aliphatic rings. The standard InChI is InChI=1S/C15H20N4/c16-10-12-3-4-13(9-15(12)17)19-8-5-14(11-19)18-6-1-2-7-18/h3-4,9,14H,1-2,5-8,11,17H2. The fourth-order valence-corrected chi connectivity index (χ4v) is 3.23. The maximum Gasteiger partial charge on any atom is 0.101 e. The predicted octanol–water partition coefficient (Wildman–Crippen LogP) is 1.81. The molecule has 0 radical (unpaired) electrons. The van der Waals surface area contributed by atoms with E-state index in [0.29, 0.717) is 17.3 Å². The van der Waals surface area contributed by atoms with Crippen LogP contribution >= 0.6 is 0 Å². The van der Waals surface area contributed by atoms with E-state index in [4.69, 9.17) is 11.0 Å². The van der Waals surface area contributed by atoms with Crippen LogP contribution in [0.15, 0.2) is 18.2 Å². The summed E-state index contributed by atoms with van der Waals surface area (Å²) in [4.78, 5) is 5.01. The van der Waals surface area contributed by atoms with E-state index in [2.05, 4.69) is 15.9 Å². The van der Waals surface area contributed by atoms with Crippen molar-refractivity contribution >= 4 is 11.4 Å². The van der Waals surface area contributed by atoms with Gasteiger partial charge in [-0.3, -0.25) is 4.90 Å². The van der Waals surface area contributed by atoms with Crippen LogP contribution in [-0.4, -0.2) is 37.1 Å². The van der Waals surface area contributed by atoms with E-state index in [1.807, 2.05) is 18.2 Å². The summed E-state index contributed by atoms with van der Waals surface area (Å²) in [6.45, 7) is 4.69. The maximum atomic E-state index is 8.91. The molecule has 1 unspecified atom stereocenters. The Morgan fingerprint density at radius 3 is 2.68 bits per heavy atom. The summed E-state index contributed by atoms with van der Waals surface area (Å²) in [5, 5.41) is 8.91. The monoisotopic (exact) mass is 256 g/mol. The van der Waals surface area contributed by atoms with Crippen molar-refractivity contribution in [1.82, 2.24) is 4.90 Å². The number of nitrogens with two attached hydrogens (primary N) is 1. The molecule has 2 fully saturated rings. The maximum absolute atomic E-state index is 8.91. The molecular formula is C15H20N4.